The molecule has 0 aliphatic heterocycles. The Hall–Kier alpha value is 0.703. The van der Waals surface area contributed by atoms with Crippen LogP contribution in [0.2, 0.25) is 5.02 Å². The van der Waals surface area contributed by atoms with E-state index in [9.17, 15) is 4.39 Å². The fraction of sp³-hybridized carbons (Fsp3) is 0. The van der Waals surface area contributed by atoms with Crippen molar-refractivity contribution in [3.63, 3.8) is 0 Å². The summed E-state index contributed by atoms with van der Waals surface area (Å²) in [5, 5.41) is 0.0920. The van der Waals surface area contributed by atoms with Crippen LogP contribution in [0, 0.1) is 11.7 Å². The minimum absolute atomic E-state index is 0.0920. The van der Waals surface area contributed by atoms with E-state index in [1.807, 2.05) is 0 Å². The number of rotatable bonds is 1. The van der Waals surface area contributed by atoms with Crippen LogP contribution in [0.25, 0.3) is 0 Å². The van der Waals surface area contributed by atoms with Gasteiger partial charge in [0, 0.05) is 5.02 Å². The van der Waals surface area contributed by atoms with Crippen LogP contribution >= 0.6 is 36.8 Å². The van der Waals surface area contributed by atoms with E-state index in [0.717, 1.165) is 0 Å². The second-order valence-corrected chi connectivity index (χ2v) is 2.41. The van der Waals surface area contributed by atoms with Crippen LogP contribution in [0.5, 0.6) is 0 Å². The summed E-state index contributed by atoms with van der Waals surface area (Å²) in [7, 11) is 0. The van der Waals surface area contributed by atoms with Gasteiger partial charge >= 0.3 is 30.0 Å². The number of benzene rings is 1. The standard InChI is InChI=1S/C7H4Cl2F.BrH.Zn/c8-4-5-1-2-7(10)6(9)3-5;;/h1-4H;1H;/q-1;;+2/p-1. The molecule has 0 spiro atoms. The topological polar surface area (TPSA) is 0 Å². The van der Waals surface area contributed by atoms with Gasteiger partial charge in [0.15, 0.2) is 0 Å². The molecule has 0 amide bonds. The van der Waals surface area contributed by atoms with Crippen LogP contribution in [-0.2, 0) is 16.3 Å². The van der Waals surface area contributed by atoms with Crippen molar-refractivity contribution in [3.8, 4) is 0 Å². The Morgan fingerprint density at radius 1 is 1.42 bits per heavy atom. The van der Waals surface area contributed by atoms with Crippen LogP contribution in [-0.4, -0.2) is 0 Å². The summed E-state index contributed by atoms with van der Waals surface area (Å²) < 4.78 is 12.4. The first-order valence-electron chi connectivity index (χ1n) is 2.89. The first kappa shape index (κ1) is 12.7. The van der Waals surface area contributed by atoms with Crippen molar-refractivity contribution >= 4 is 36.8 Å². The second kappa shape index (κ2) is 7.14. The Bertz CT molecular complexity index is 245. The number of hydrogen-bond acceptors (Lipinski definition) is 0. The van der Waals surface area contributed by atoms with E-state index < -0.39 is 5.82 Å². The SMILES string of the molecule is Fc1ccc([CH-]Cl)cc1Cl.[Zn+][Br]. The van der Waals surface area contributed by atoms with Gasteiger partial charge in [0.25, 0.3) is 0 Å². The van der Waals surface area contributed by atoms with Crippen LogP contribution in [0.4, 0.5) is 4.39 Å². The molecule has 12 heavy (non-hydrogen) atoms. The van der Waals surface area contributed by atoms with Crippen molar-refractivity contribution in [1.29, 1.82) is 0 Å². The molecule has 1 aromatic carbocycles. The Morgan fingerprint density at radius 3 is 2.42 bits per heavy atom. The molecule has 0 N–H and O–H groups in total. The van der Waals surface area contributed by atoms with Crippen molar-refractivity contribution < 1.29 is 20.7 Å². The Morgan fingerprint density at radius 2 is 2.00 bits per heavy atom. The maximum absolute atomic E-state index is 12.4. The monoisotopic (exact) mass is 320 g/mol. The van der Waals surface area contributed by atoms with E-state index >= 15 is 0 Å². The van der Waals surface area contributed by atoms with Gasteiger partial charge in [-0.25, -0.2) is 4.39 Å². The van der Waals surface area contributed by atoms with Crippen molar-refractivity contribution in [2.24, 2.45) is 0 Å². The van der Waals surface area contributed by atoms with Crippen LogP contribution in [0.1, 0.15) is 5.56 Å². The predicted octanol–water partition coefficient (Wildman–Crippen LogP) is 4.07. The molecule has 1 aromatic rings. The summed E-state index contributed by atoms with van der Waals surface area (Å²) >= 11 is 15.0. The molecule has 0 saturated carbocycles. The van der Waals surface area contributed by atoms with E-state index in [0.29, 0.717) is 5.56 Å². The molecule has 0 atom stereocenters. The molecule has 0 aliphatic carbocycles. The second-order valence-electron chi connectivity index (χ2n) is 1.78. The summed E-state index contributed by atoms with van der Waals surface area (Å²) in [6, 6.07) is 4.29. The van der Waals surface area contributed by atoms with Crippen LogP contribution in [0.15, 0.2) is 18.2 Å². The van der Waals surface area contributed by atoms with E-state index in [1.165, 1.54) is 34.4 Å². The zero-order chi connectivity index (χ0) is 9.56. The molecule has 0 heterocycles. The van der Waals surface area contributed by atoms with Gasteiger partial charge in [0.05, 0.1) is 0 Å². The quantitative estimate of drug-likeness (QED) is 0.540. The molecule has 0 nitrogen and oxygen atoms in total. The Labute approximate surface area is 97.5 Å². The van der Waals surface area contributed by atoms with Crippen molar-refractivity contribution in [1.82, 2.24) is 0 Å². The third-order valence-electron chi connectivity index (χ3n) is 1.07. The average Bonchev–Trinajstić information content (AvgIpc) is 2.13. The normalized spacial score (nSPS) is 8.50. The zero-order valence-corrected chi connectivity index (χ0v) is 12.1. The molecular formula is C7H4BrCl2FZn. The molecule has 0 aromatic heterocycles. The van der Waals surface area contributed by atoms with E-state index in [4.69, 9.17) is 23.2 Å². The van der Waals surface area contributed by atoms with E-state index in [1.54, 1.807) is 6.07 Å². The zero-order valence-electron chi connectivity index (χ0n) is 6.03. The van der Waals surface area contributed by atoms with E-state index in [-0.39, 0.29) is 5.02 Å². The first-order valence-corrected chi connectivity index (χ1v) is 10.7. The van der Waals surface area contributed by atoms with Gasteiger partial charge in [-0.3, -0.25) is 0 Å². The van der Waals surface area contributed by atoms with Crippen molar-refractivity contribution in [2.45, 2.75) is 0 Å². The van der Waals surface area contributed by atoms with Gasteiger partial charge in [0.1, 0.15) is 5.82 Å². The predicted molar refractivity (Wildman–Crippen MR) is 49.6 cm³/mol. The fourth-order valence-corrected chi connectivity index (χ4v) is 0.905. The third-order valence-corrected chi connectivity index (χ3v) is 1.61. The first-order chi connectivity index (χ1) is 5.74. The molecule has 0 radical (unpaired) electrons. The summed E-state index contributed by atoms with van der Waals surface area (Å²) in [5.41, 5.74) is 0.702. The maximum atomic E-state index is 12.4. The molecule has 0 bridgehead atoms. The molecular weight excluding hydrogens is 319 g/mol. The molecule has 62 valence electrons. The Balaban J connectivity index is 0.000000561. The van der Waals surface area contributed by atoms with Gasteiger partial charge in [-0.05, 0) is 0 Å². The van der Waals surface area contributed by atoms with Crippen molar-refractivity contribution in [2.75, 3.05) is 0 Å². The van der Waals surface area contributed by atoms with Gasteiger partial charge in [0.2, 0.25) is 0 Å². The molecule has 0 unspecified atom stereocenters. The third kappa shape index (κ3) is 4.09. The fourth-order valence-electron chi connectivity index (χ4n) is 0.580. The summed E-state index contributed by atoms with van der Waals surface area (Å²) in [5.74, 6) is 0.912. The molecule has 1 rings (SSSR count). The summed E-state index contributed by atoms with van der Waals surface area (Å²) in [6.45, 7) is 0. The van der Waals surface area contributed by atoms with Crippen LogP contribution < -0.4 is 0 Å². The molecule has 0 fully saturated rings. The summed E-state index contributed by atoms with van der Waals surface area (Å²) in [4.78, 5) is 0. The van der Waals surface area contributed by atoms with Gasteiger partial charge in [-0.15, -0.1) is 6.07 Å². The summed E-state index contributed by atoms with van der Waals surface area (Å²) in [6.07, 6.45) is 0. The van der Waals surface area contributed by atoms with E-state index in [2.05, 4.69) is 13.6 Å². The number of halogens is 4. The number of hydrogen-bond donors (Lipinski definition) is 0. The molecule has 0 aliphatic rings. The van der Waals surface area contributed by atoms with Crippen LogP contribution in [0.3, 0.4) is 0 Å². The minimum atomic E-state index is -0.427. The van der Waals surface area contributed by atoms with Crippen molar-refractivity contribution in [3.05, 3.63) is 40.5 Å². The molecule has 0 saturated heterocycles. The Kier molecular flexibility index (Phi) is 7.56. The van der Waals surface area contributed by atoms with Gasteiger partial charge in [-0.2, -0.15) is 23.2 Å². The average molecular weight is 323 g/mol. The molecule has 5 heteroatoms. The van der Waals surface area contributed by atoms with Gasteiger partial charge < -0.3 is 0 Å². The van der Waals surface area contributed by atoms with Gasteiger partial charge in [-0.1, -0.05) is 23.5 Å².